The maximum absolute atomic E-state index is 0. The molecule has 0 aliphatic heterocycles. The van der Waals surface area contributed by atoms with Crippen LogP contribution in [-0.2, 0) is 25.8 Å². The molecular formula is H2AlBeOScSi. The molecule has 0 aliphatic carbocycles. The van der Waals surface area contributed by atoms with Crippen molar-refractivity contribution in [2.45, 2.75) is 0 Å². The van der Waals surface area contributed by atoms with Crippen LogP contribution in [-0.4, -0.2) is 43.9 Å². The number of rotatable bonds is 0. The third-order valence-electron chi connectivity index (χ3n) is 0. The van der Waals surface area contributed by atoms with E-state index in [0.717, 1.165) is 0 Å². The Morgan fingerprint density at radius 3 is 1.00 bits per heavy atom. The van der Waals surface area contributed by atoms with Crippen molar-refractivity contribution in [1.82, 2.24) is 0 Å². The average Bonchev–Trinajstić information content (AvgIpc) is 0. The third kappa shape index (κ3) is 26.4. The van der Waals surface area contributed by atoms with E-state index in [-0.39, 0.29) is 69.8 Å². The van der Waals surface area contributed by atoms with E-state index in [9.17, 15) is 0 Å². The second-order valence-corrected chi connectivity index (χ2v) is 0. The van der Waals surface area contributed by atoms with Gasteiger partial charge in [0.2, 0.25) is 0 Å². The molecule has 0 aromatic heterocycles. The Balaban J connectivity index is 0. The molecule has 0 aliphatic rings. The van der Waals surface area contributed by atoms with Gasteiger partial charge in [0.25, 0.3) is 0 Å². The summed E-state index contributed by atoms with van der Waals surface area (Å²) in [5, 5.41) is 0. The summed E-state index contributed by atoms with van der Waals surface area (Å²) >= 11 is 0. The monoisotopic (exact) mass is 127 g/mol. The molecule has 0 spiro atoms. The molecule has 0 rings (SSSR count). The molecule has 0 fully saturated rings. The first-order chi connectivity index (χ1) is 0. The maximum atomic E-state index is 0. The minimum Gasteiger partial charge on any atom is -0.412 e. The van der Waals surface area contributed by atoms with Crippen molar-refractivity contribution in [3.05, 3.63) is 0 Å². The second-order valence-electron chi connectivity index (χ2n) is 0. The van der Waals surface area contributed by atoms with Crippen LogP contribution < -0.4 is 0 Å². The van der Waals surface area contributed by atoms with E-state index in [1.807, 2.05) is 0 Å². The van der Waals surface area contributed by atoms with Gasteiger partial charge in [0, 0.05) is 64.3 Å². The van der Waals surface area contributed by atoms with E-state index in [2.05, 4.69) is 0 Å². The second kappa shape index (κ2) is 42.4. The van der Waals surface area contributed by atoms with Crippen LogP contribution in [0.25, 0.3) is 0 Å². The fraction of sp³-hybridized carbons (Fsp3) is 0. The Bertz CT molecular complexity index is 11.6. The predicted molar refractivity (Wildman–Crippen MR) is 20.9 cm³/mol. The molecule has 0 aromatic carbocycles. The van der Waals surface area contributed by atoms with Crippen molar-refractivity contribution in [1.29, 1.82) is 0 Å². The summed E-state index contributed by atoms with van der Waals surface area (Å²) in [7, 11) is 0. The molecule has 2 N–H and O–H groups in total. The van der Waals surface area contributed by atoms with Crippen LogP contribution in [0, 0.1) is 0 Å². The SMILES string of the molecule is O.[Al].[Be].[Sc].[Si]. The number of hydrogen-bond donors (Lipinski definition) is 0. The van der Waals surface area contributed by atoms with Crippen LogP contribution in [0.15, 0.2) is 0 Å². The molecule has 0 aromatic rings. The van der Waals surface area contributed by atoms with E-state index < -0.39 is 0 Å². The quantitative estimate of drug-likeness (QED) is 0.338. The number of hydrogen-bond acceptors (Lipinski definition) is 0. The van der Waals surface area contributed by atoms with Crippen molar-refractivity contribution in [3.8, 4) is 0 Å². The van der Waals surface area contributed by atoms with E-state index in [4.69, 9.17) is 0 Å². The van der Waals surface area contributed by atoms with Crippen LogP contribution in [0.5, 0.6) is 0 Å². The zero-order valence-corrected chi connectivity index (χ0v) is 6.82. The standard InChI is InChI=1S/Al.Be.H2O.Sc.Si/h;;1H2;;. The molecule has 0 bridgehead atoms. The molecule has 0 heterocycles. The van der Waals surface area contributed by atoms with Crippen molar-refractivity contribution >= 4 is 38.4 Å². The largest absolute Gasteiger partial charge is 0.412 e. The normalized spacial score (nSPS) is 0. The van der Waals surface area contributed by atoms with Gasteiger partial charge in [-0.15, -0.1) is 0 Å². The predicted octanol–water partition coefficient (Wildman–Crippen LogP) is -1.97. The molecule has 20 valence electrons. The van der Waals surface area contributed by atoms with Crippen molar-refractivity contribution < 1.29 is 31.3 Å². The molecule has 0 saturated heterocycles. The van der Waals surface area contributed by atoms with Gasteiger partial charge in [0.15, 0.2) is 0 Å². The Morgan fingerprint density at radius 2 is 1.00 bits per heavy atom. The summed E-state index contributed by atoms with van der Waals surface area (Å²) in [6.07, 6.45) is 0. The fourth-order valence-electron chi connectivity index (χ4n) is 0. The molecule has 5 heteroatoms. The van der Waals surface area contributed by atoms with Gasteiger partial charge < -0.3 is 5.48 Å². The van der Waals surface area contributed by atoms with Crippen LogP contribution >= 0.6 is 0 Å². The van der Waals surface area contributed by atoms with Crippen LogP contribution in [0.3, 0.4) is 0 Å². The summed E-state index contributed by atoms with van der Waals surface area (Å²) in [6, 6.07) is 0. The zero-order valence-electron chi connectivity index (χ0n) is 2.86. The fourth-order valence-corrected chi connectivity index (χ4v) is 0. The Hall–Kier alpha value is 1.75. The third-order valence-corrected chi connectivity index (χ3v) is 0. The summed E-state index contributed by atoms with van der Waals surface area (Å²) in [5.41, 5.74) is 0. The van der Waals surface area contributed by atoms with Gasteiger partial charge in [-0.25, -0.2) is 0 Å². The molecular weight excluding hydrogens is 125 g/mol. The summed E-state index contributed by atoms with van der Waals surface area (Å²) in [5.74, 6) is 0. The van der Waals surface area contributed by atoms with E-state index in [1.54, 1.807) is 0 Å². The van der Waals surface area contributed by atoms with Crippen LogP contribution in [0.2, 0.25) is 0 Å². The summed E-state index contributed by atoms with van der Waals surface area (Å²) < 4.78 is 0. The molecule has 0 unspecified atom stereocenters. The Labute approximate surface area is 69.4 Å². The van der Waals surface area contributed by atoms with Crippen LogP contribution in [0.1, 0.15) is 0 Å². The Kier molecular flexibility index (Phi) is 619. The smallest absolute Gasteiger partial charge is 0 e. The molecule has 0 amide bonds. The first-order valence-corrected chi connectivity index (χ1v) is 0. The molecule has 1 nitrogen and oxygen atoms in total. The van der Waals surface area contributed by atoms with Crippen molar-refractivity contribution in [2.75, 3.05) is 0 Å². The summed E-state index contributed by atoms with van der Waals surface area (Å²) in [4.78, 5) is 0. The molecule has 0 saturated carbocycles. The molecule has 10 radical (unpaired) electrons. The van der Waals surface area contributed by atoms with Gasteiger partial charge >= 0.3 is 0 Å². The van der Waals surface area contributed by atoms with E-state index in [0.29, 0.717) is 0 Å². The van der Waals surface area contributed by atoms with Gasteiger partial charge in [0.1, 0.15) is 0 Å². The average molecular weight is 127 g/mol. The maximum Gasteiger partial charge on any atom is 0 e. The van der Waals surface area contributed by atoms with Crippen molar-refractivity contribution in [2.24, 2.45) is 0 Å². The van der Waals surface area contributed by atoms with Crippen LogP contribution in [0.4, 0.5) is 0 Å². The molecule has 5 heavy (non-hydrogen) atoms. The Morgan fingerprint density at radius 1 is 1.00 bits per heavy atom. The van der Waals surface area contributed by atoms with Gasteiger partial charge in [-0.1, -0.05) is 0 Å². The first kappa shape index (κ1) is 73.0. The van der Waals surface area contributed by atoms with Gasteiger partial charge in [0.05, 0.1) is 0 Å². The van der Waals surface area contributed by atoms with E-state index in [1.165, 1.54) is 0 Å². The van der Waals surface area contributed by atoms with Gasteiger partial charge in [-0.3, -0.25) is 0 Å². The molecule has 0 atom stereocenters. The van der Waals surface area contributed by atoms with Gasteiger partial charge in [-0.2, -0.15) is 0 Å². The summed E-state index contributed by atoms with van der Waals surface area (Å²) in [6.45, 7) is 0. The van der Waals surface area contributed by atoms with Gasteiger partial charge in [-0.05, 0) is 0 Å². The minimum absolute atomic E-state index is 0. The minimum atomic E-state index is 0. The first-order valence-electron chi connectivity index (χ1n) is 0. The van der Waals surface area contributed by atoms with E-state index >= 15 is 0 Å². The van der Waals surface area contributed by atoms with Crippen molar-refractivity contribution in [3.63, 3.8) is 0 Å². The zero-order chi connectivity index (χ0) is 0. The topological polar surface area (TPSA) is 31.5 Å².